The third kappa shape index (κ3) is 5.50. The van der Waals surface area contributed by atoms with E-state index in [2.05, 4.69) is 15.4 Å². The quantitative estimate of drug-likeness (QED) is 0.421. The van der Waals surface area contributed by atoms with Gasteiger partial charge in [-0.05, 0) is 49.8 Å². The molecule has 2 bridgehead atoms. The van der Waals surface area contributed by atoms with E-state index >= 15 is 0 Å². The molecule has 2 N–H and O–H groups in total. The molecule has 3 aromatic rings. The number of nitrogens with one attached hydrogen (secondary N) is 1. The summed E-state index contributed by atoms with van der Waals surface area (Å²) in [5.74, 6) is -3.35. The Morgan fingerprint density at radius 3 is 2.52 bits per heavy atom. The van der Waals surface area contributed by atoms with E-state index in [4.69, 9.17) is 0 Å². The van der Waals surface area contributed by atoms with Crippen LogP contribution in [0.3, 0.4) is 0 Å². The number of benzene rings is 1. The highest BCUT2D eigenvalue weighted by molar-refractivity contribution is 6.34. The molecule has 4 heterocycles. The van der Waals surface area contributed by atoms with E-state index < -0.39 is 52.5 Å². The van der Waals surface area contributed by atoms with Crippen LogP contribution in [0.4, 0.5) is 4.39 Å². The molecule has 12 nitrogen and oxygen atoms in total. The number of fused-ring (bicyclic) bond motifs is 2. The molecule has 1 fully saturated rings. The number of aromatic nitrogens is 4. The lowest BCUT2D eigenvalue weighted by Gasteiger charge is -2.38. The van der Waals surface area contributed by atoms with Crippen molar-refractivity contribution in [1.82, 2.24) is 34.4 Å². The van der Waals surface area contributed by atoms with Crippen LogP contribution in [0.25, 0.3) is 0 Å². The molecule has 13 heteroatoms. The minimum absolute atomic E-state index is 0.0191. The van der Waals surface area contributed by atoms with Gasteiger partial charge >= 0.3 is 11.8 Å². The van der Waals surface area contributed by atoms with Crippen molar-refractivity contribution in [3.63, 3.8) is 0 Å². The topological polar surface area (TPSA) is 143 Å². The second-order valence-corrected chi connectivity index (χ2v) is 11.2. The summed E-state index contributed by atoms with van der Waals surface area (Å²) < 4.78 is 16.3. The molecule has 3 aliphatic rings. The van der Waals surface area contributed by atoms with E-state index in [1.807, 2.05) is 6.92 Å². The van der Waals surface area contributed by atoms with Gasteiger partial charge in [-0.25, -0.2) is 9.37 Å². The number of aryl methyl sites for hydroxylation is 2. The third-order valence-corrected chi connectivity index (χ3v) is 8.32. The predicted octanol–water partition coefficient (Wildman–Crippen LogP) is 1.44. The van der Waals surface area contributed by atoms with Gasteiger partial charge in [0.2, 0.25) is 5.75 Å². The van der Waals surface area contributed by atoms with E-state index in [0.29, 0.717) is 24.2 Å². The Hall–Kier alpha value is -4.55. The molecule has 1 aliphatic carbocycles. The first-order valence-electron chi connectivity index (χ1n) is 13.8. The highest BCUT2D eigenvalue weighted by atomic mass is 19.1. The van der Waals surface area contributed by atoms with E-state index in [0.717, 1.165) is 17.7 Å². The maximum Gasteiger partial charge on any atom is 0.312 e. The molecule has 3 atom stereocenters. The lowest BCUT2D eigenvalue weighted by atomic mass is 9.78. The van der Waals surface area contributed by atoms with Crippen molar-refractivity contribution in [2.24, 2.45) is 13.0 Å². The van der Waals surface area contributed by atoms with Crippen LogP contribution in [0.5, 0.6) is 5.75 Å². The monoisotopic (exact) mass is 579 g/mol. The van der Waals surface area contributed by atoms with Gasteiger partial charge in [0.1, 0.15) is 11.6 Å². The molecule has 6 rings (SSSR count). The van der Waals surface area contributed by atoms with Crippen molar-refractivity contribution in [3.05, 3.63) is 75.0 Å². The lowest BCUT2D eigenvalue weighted by Crippen LogP contribution is -2.49. The van der Waals surface area contributed by atoms with Crippen molar-refractivity contribution in [3.8, 4) is 5.75 Å². The number of nitrogens with zero attached hydrogens (tertiary/aromatic N) is 6. The third-order valence-electron chi connectivity index (χ3n) is 8.32. The summed E-state index contributed by atoms with van der Waals surface area (Å²) in [5.41, 5.74) is 1.10. The number of halogens is 1. The number of carbonyl (C=O) groups excluding carboxylic acids is 3. The van der Waals surface area contributed by atoms with Gasteiger partial charge < -0.3 is 20.2 Å². The standard InChI is InChI=1S/C29H34FN7O5/c1-16-19(15-35(3)33-16)14-34(2)28(41)29(42)36(4)22-11-18-7-10-21(22)25-32-23(24(38)27(40)37(25)13-18)26(39)31-12-17-5-8-20(30)9-6-17/h5-6,8-9,15,18,21-22,38H,7,10-14H2,1-4H3,(H,31,39). The molecule has 0 spiro atoms. The molecular formula is C29H34FN7O5. The molecule has 2 aliphatic heterocycles. The van der Waals surface area contributed by atoms with Crippen molar-refractivity contribution < 1.29 is 23.9 Å². The zero-order chi connectivity index (χ0) is 30.3. The number of aromatic hydroxyl groups is 1. The largest absolute Gasteiger partial charge is 0.501 e. The summed E-state index contributed by atoms with van der Waals surface area (Å²) in [4.78, 5) is 60.1. The first kappa shape index (κ1) is 29.0. The van der Waals surface area contributed by atoms with Crippen LogP contribution in [-0.4, -0.2) is 72.1 Å². The second kappa shape index (κ2) is 11.4. The van der Waals surface area contributed by atoms with Crippen molar-refractivity contribution in [2.75, 3.05) is 14.1 Å². The average Bonchev–Trinajstić information content (AvgIpc) is 3.11. The van der Waals surface area contributed by atoms with Gasteiger partial charge in [0.05, 0.1) is 5.69 Å². The number of carbonyl (C=O) groups is 3. The van der Waals surface area contributed by atoms with Crippen LogP contribution in [0, 0.1) is 18.7 Å². The number of rotatable bonds is 6. The predicted molar refractivity (Wildman–Crippen MR) is 149 cm³/mol. The van der Waals surface area contributed by atoms with Gasteiger partial charge in [0, 0.05) is 64.5 Å². The minimum atomic E-state index is -0.750. The van der Waals surface area contributed by atoms with Crippen LogP contribution < -0.4 is 10.9 Å². The summed E-state index contributed by atoms with van der Waals surface area (Å²) in [6.45, 7) is 2.39. The highest BCUT2D eigenvalue weighted by Crippen LogP contribution is 2.42. The molecule has 1 saturated carbocycles. The Morgan fingerprint density at radius 1 is 1.14 bits per heavy atom. The van der Waals surface area contributed by atoms with Gasteiger partial charge in [-0.3, -0.25) is 28.4 Å². The fourth-order valence-corrected chi connectivity index (χ4v) is 6.03. The molecule has 42 heavy (non-hydrogen) atoms. The normalized spacial score (nSPS) is 19.1. The Kier molecular flexibility index (Phi) is 7.85. The van der Waals surface area contributed by atoms with Gasteiger partial charge in [0.25, 0.3) is 11.5 Å². The van der Waals surface area contributed by atoms with Gasteiger partial charge in [-0.2, -0.15) is 5.10 Å². The Bertz CT molecular complexity index is 1600. The summed E-state index contributed by atoms with van der Waals surface area (Å²) in [6.07, 6.45) is 3.72. The Morgan fingerprint density at radius 2 is 1.86 bits per heavy atom. The molecule has 3 amide bonds. The average molecular weight is 580 g/mol. The van der Waals surface area contributed by atoms with E-state index in [1.165, 1.54) is 38.6 Å². The summed E-state index contributed by atoms with van der Waals surface area (Å²) in [7, 11) is 4.93. The Labute approximate surface area is 241 Å². The fourth-order valence-electron chi connectivity index (χ4n) is 6.03. The zero-order valence-electron chi connectivity index (χ0n) is 24.0. The smallest absolute Gasteiger partial charge is 0.312 e. The molecule has 222 valence electrons. The van der Waals surface area contributed by atoms with Crippen LogP contribution in [-0.2, 0) is 36.3 Å². The molecule has 0 saturated heterocycles. The summed E-state index contributed by atoms with van der Waals surface area (Å²) in [5, 5.41) is 17.6. The van der Waals surface area contributed by atoms with Gasteiger partial charge in [0.15, 0.2) is 5.69 Å². The van der Waals surface area contributed by atoms with Crippen LogP contribution in [0.1, 0.15) is 58.3 Å². The van der Waals surface area contributed by atoms with Gasteiger partial charge in [-0.15, -0.1) is 0 Å². The lowest BCUT2D eigenvalue weighted by molar-refractivity contribution is -0.152. The zero-order valence-corrected chi connectivity index (χ0v) is 24.0. The summed E-state index contributed by atoms with van der Waals surface area (Å²) >= 11 is 0. The molecule has 0 radical (unpaired) electrons. The number of amides is 3. The van der Waals surface area contributed by atoms with Gasteiger partial charge in [-0.1, -0.05) is 12.1 Å². The second-order valence-electron chi connectivity index (χ2n) is 11.2. The number of likely N-dealkylation sites (N-methyl/N-ethyl adjacent to an activating group) is 2. The Balaban J connectivity index is 1.37. The molecular weight excluding hydrogens is 545 g/mol. The fraction of sp³-hybridized carbons (Fsp3) is 0.448. The minimum Gasteiger partial charge on any atom is -0.501 e. The number of hydrogen-bond donors (Lipinski definition) is 2. The van der Waals surface area contributed by atoms with E-state index in [9.17, 15) is 28.7 Å². The van der Waals surface area contributed by atoms with Crippen molar-refractivity contribution in [2.45, 2.75) is 57.8 Å². The summed E-state index contributed by atoms with van der Waals surface area (Å²) in [6, 6.07) is 5.13. The van der Waals surface area contributed by atoms with Crippen LogP contribution in [0.15, 0.2) is 35.3 Å². The maximum atomic E-state index is 13.4. The van der Waals surface area contributed by atoms with Crippen LogP contribution >= 0.6 is 0 Å². The van der Waals surface area contributed by atoms with Crippen molar-refractivity contribution in [1.29, 1.82) is 0 Å². The first-order valence-corrected chi connectivity index (χ1v) is 13.8. The number of hydrogen-bond acceptors (Lipinski definition) is 7. The first-order chi connectivity index (χ1) is 19.9. The molecule has 2 aromatic heterocycles. The highest BCUT2D eigenvalue weighted by Gasteiger charge is 2.43. The maximum absolute atomic E-state index is 13.4. The molecule has 3 unspecified atom stereocenters. The molecule has 1 aromatic carbocycles. The van der Waals surface area contributed by atoms with E-state index in [-0.39, 0.29) is 25.6 Å². The van der Waals surface area contributed by atoms with E-state index in [1.54, 1.807) is 32.0 Å². The SMILES string of the molecule is Cc1nn(C)cc1CN(C)C(=O)C(=O)N(C)C1CC2CCC1c1nc(C(=O)NCc3ccc(F)cc3)c(O)c(=O)n1C2. The van der Waals surface area contributed by atoms with Crippen molar-refractivity contribution >= 4 is 17.7 Å². The van der Waals surface area contributed by atoms with Crippen LogP contribution in [0.2, 0.25) is 0 Å².